The SMILES string of the molecule is COc1ccc(-c2cn(-c3ccnc(N[C@@H](C)c4ccccc4)n3)c(-c3ccc(F)cc3)n2)cc1. The van der Waals surface area contributed by atoms with Gasteiger partial charge in [0.15, 0.2) is 0 Å². The number of imidazole rings is 1. The van der Waals surface area contributed by atoms with Gasteiger partial charge in [0.05, 0.1) is 18.8 Å². The molecule has 0 spiro atoms. The van der Waals surface area contributed by atoms with Crippen LogP contribution in [0.4, 0.5) is 10.3 Å². The first-order valence-corrected chi connectivity index (χ1v) is 11.3. The molecule has 2 heterocycles. The number of aromatic nitrogens is 4. The Morgan fingerprint density at radius 1 is 0.857 bits per heavy atom. The fraction of sp³-hybridized carbons (Fsp3) is 0.107. The van der Waals surface area contributed by atoms with Crippen molar-refractivity contribution in [2.24, 2.45) is 0 Å². The smallest absolute Gasteiger partial charge is 0.225 e. The number of nitrogens with one attached hydrogen (secondary N) is 1. The number of methoxy groups -OCH3 is 1. The molecule has 0 aliphatic heterocycles. The van der Waals surface area contributed by atoms with Crippen molar-refractivity contribution in [2.45, 2.75) is 13.0 Å². The Labute approximate surface area is 203 Å². The van der Waals surface area contributed by atoms with E-state index >= 15 is 0 Å². The van der Waals surface area contributed by atoms with Crippen LogP contribution in [-0.4, -0.2) is 26.6 Å². The van der Waals surface area contributed by atoms with E-state index in [1.807, 2.05) is 59.3 Å². The van der Waals surface area contributed by atoms with Crippen molar-refractivity contribution in [1.82, 2.24) is 19.5 Å². The Balaban J connectivity index is 1.54. The lowest BCUT2D eigenvalue weighted by Gasteiger charge is -2.15. The van der Waals surface area contributed by atoms with Crippen LogP contribution in [0.25, 0.3) is 28.5 Å². The van der Waals surface area contributed by atoms with Gasteiger partial charge < -0.3 is 10.1 Å². The lowest BCUT2D eigenvalue weighted by atomic mass is 10.1. The van der Waals surface area contributed by atoms with Crippen molar-refractivity contribution in [3.8, 4) is 34.2 Å². The second kappa shape index (κ2) is 9.77. The van der Waals surface area contributed by atoms with Crippen LogP contribution in [0, 0.1) is 5.82 Å². The summed E-state index contributed by atoms with van der Waals surface area (Å²) in [6.45, 7) is 2.06. The van der Waals surface area contributed by atoms with Gasteiger partial charge >= 0.3 is 0 Å². The average molecular weight is 466 g/mol. The number of benzene rings is 3. The summed E-state index contributed by atoms with van der Waals surface area (Å²) in [5, 5.41) is 3.37. The molecule has 174 valence electrons. The summed E-state index contributed by atoms with van der Waals surface area (Å²) in [5.74, 6) is 2.27. The third kappa shape index (κ3) is 4.89. The van der Waals surface area contributed by atoms with Crippen molar-refractivity contribution in [1.29, 1.82) is 0 Å². The van der Waals surface area contributed by atoms with E-state index in [4.69, 9.17) is 14.7 Å². The van der Waals surface area contributed by atoms with Gasteiger partial charge in [0.25, 0.3) is 0 Å². The number of hydrogen-bond acceptors (Lipinski definition) is 5. The van der Waals surface area contributed by atoms with Crippen LogP contribution >= 0.6 is 0 Å². The van der Waals surface area contributed by atoms with Crippen molar-refractivity contribution < 1.29 is 9.13 Å². The van der Waals surface area contributed by atoms with Crippen LogP contribution in [0.5, 0.6) is 5.75 Å². The molecule has 35 heavy (non-hydrogen) atoms. The van der Waals surface area contributed by atoms with Crippen LogP contribution in [0.1, 0.15) is 18.5 Å². The highest BCUT2D eigenvalue weighted by molar-refractivity contribution is 5.67. The summed E-state index contributed by atoms with van der Waals surface area (Å²) in [4.78, 5) is 14.0. The van der Waals surface area contributed by atoms with E-state index < -0.39 is 0 Å². The Bertz CT molecular complexity index is 1420. The number of rotatable bonds is 7. The zero-order chi connectivity index (χ0) is 24.2. The predicted molar refractivity (Wildman–Crippen MR) is 135 cm³/mol. The molecule has 0 amide bonds. The molecule has 0 bridgehead atoms. The van der Waals surface area contributed by atoms with Crippen LogP contribution in [0.2, 0.25) is 0 Å². The minimum absolute atomic E-state index is 0.0284. The topological polar surface area (TPSA) is 64.9 Å². The van der Waals surface area contributed by atoms with E-state index in [9.17, 15) is 4.39 Å². The van der Waals surface area contributed by atoms with Gasteiger partial charge in [-0.2, -0.15) is 4.98 Å². The highest BCUT2D eigenvalue weighted by atomic mass is 19.1. The molecule has 0 saturated heterocycles. The third-order valence-electron chi connectivity index (χ3n) is 5.73. The molecular weight excluding hydrogens is 441 g/mol. The fourth-order valence-corrected chi connectivity index (χ4v) is 3.83. The first-order chi connectivity index (χ1) is 17.1. The molecule has 5 rings (SSSR count). The van der Waals surface area contributed by atoms with Crippen LogP contribution in [-0.2, 0) is 0 Å². The largest absolute Gasteiger partial charge is 0.497 e. The molecule has 5 aromatic rings. The van der Waals surface area contributed by atoms with E-state index in [0.29, 0.717) is 17.6 Å². The molecule has 0 aliphatic carbocycles. The molecule has 1 atom stereocenters. The van der Waals surface area contributed by atoms with E-state index in [1.54, 1.807) is 25.4 Å². The fourth-order valence-electron chi connectivity index (χ4n) is 3.83. The number of hydrogen-bond donors (Lipinski definition) is 1. The summed E-state index contributed by atoms with van der Waals surface area (Å²) in [6.07, 6.45) is 3.64. The molecule has 6 nitrogen and oxygen atoms in total. The minimum Gasteiger partial charge on any atom is -0.497 e. The van der Waals surface area contributed by atoms with Gasteiger partial charge in [-0.3, -0.25) is 4.57 Å². The summed E-state index contributed by atoms with van der Waals surface area (Å²) in [5.41, 5.74) is 3.60. The Morgan fingerprint density at radius 2 is 1.57 bits per heavy atom. The Morgan fingerprint density at radius 3 is 2.29 bits per heavy atom. The van der Waals surface area contributed by atoms with Gasteiger partial charge in [0.2, 0.25) is 5.95 Å². The second-order valence-electron chi connectivity index (χ2n) is 8.07. The quantitative estimate of drug-likeness (QED) is 0.305. The summed E-state index contributed by atoms with van der Waals surface area (Å²) >= 11 is 0. The normalized spacial score (nSPS) is 11.7. The van der Waals surface area contributed by atoms with E-state index in [1.165, 1.54) is 12.1 Å². The molecule has 0 unspecified atom stereocenters. The van der Waals surface area contributed by atoms with Gasteiger partial charge in [0, 0.05) is 23.5 Å². The number of nitrogens with zero attached hydrogens (tertiary/aromatic N) is 4. The maximum absolute atomic E-state index is 13.6. The highest BCUT2D eigenvalue weighted by Gasteiger charge is 2.16. The number of anilines is 1. The molecule has 0 aliphatic rings. The van der Waals surface area contributed by atoms with E-state index in [-0.39, 0.29) is 11.9 Å². The van der Waals surface area contributed by atoms with Crippen LogP contribution in [0.3, 0.4) is 0 Å². The standard InChI is InChI=1S/C28H24FN5O/c1-19(20-6-4-3-5-7-20)31-28-30-17-16-26(33-28)34-18-25(21-10-14-24(35-2)15-11-21)32-27(34)22-8-12-23(29)13-9-22/h3-19H,1-2H3,(H,30,31,33)/t19-/m0/s1. The van der Waals surface area contributed by atoms with Crippen LogP contribution in [0.15, 0.2) is 97.3 Å². The molecule has 2 aromatic heterocycles. The molecule has 3 aromatic carbocycles. The maximum atomic E-state index is 13.6. The van der Waals surface area contributed by atoms with Crippen molar-refractivity contribution >= 4 is 5.95 Å². The Kier molecular flexibility index (Phi) is 6.22. The minimum atomic E-state index is -0.300. The molecule has 7 heteroatoms. The lowest BCUT2D eigenvalue weighted by molar-refractivity contribution is 0.415. The van der Waals surface area contributed by atoms with Gasteiger partial charge in [-0.1, -0.05) is 30.3 Å². The van der Waals surface area contributed by atoms with Crippen molar-refractivity contribution in [2.75, 3.05) is 12.4 Å². The summed E-state index contributed by atoms with van der Waals surface area (Å²) in [7, 11) is 1.63. The number of halogens is 1. The summed E-state index contributed by atoms with van der Waals surface area (Å²) < 4.78 is 20.8. The van der Waals surface area contributed by atoms with E-state index in [0.717, 1.165) is 28.1 Å². The van der Waals surface area contributed by atoms with Gasteiger partial charge in [0.1, 0.15) is 23.2 Å². The van der Waals surface area contributed by atoms with Crippen molar-refractivity contribution in [3.63, 3.8) is 0 Å². The average Bonchev–Trinajstić information content (AvgIpc) is 3.35. The summed E-state index contributed by atoms with van der Waals surface area (Å²) in [6, 6.07) is 25.9. The van der Waals surface area contributed by atoms with Gasteiger partial charge in [-0.15, -0.1) is 0 Å². The zero-order valence-corrected chi connectivity index (χ0v) is 19.4. The highest BCUT2D eigenvalue weighted by Crippen LogP contribution is 2.29. The molecule has 1 N–H and O–H groups in total. The maximum Gasteiger partial charge on any atom is 0.225 e. The van der Waals surface area contributed by atoms with Gasteiger partial charge in [-0.05, 0) is 67.1 Å². The zero-order valence-electron chi connectivity index (χ0n) is 19.4. The monoisotopic (exact) mass is 465 g/mol. The Hall–Kier alpha value is -4.52. The lowest BCUT2D eigenvalue weighted by Crippen LogP contribution is -2.10. The molecule has 0 fully saturated rings. The first-order valence-electron chi connectivity index (χ1n) is 11.3. The van der Waals surface area contributed by atoms with Crippen molar-refractivity contribution in [3.05, 3.63) is 109 Å². The molecule has 0 radical (unpaired) electrons. The van der Waals surface area contributed by atoms with E-state index in [2.05, 4.69) is 29.4 Å². The molecule has 0 saturated carbocycles. The third-order valence-corrected chi connectivity index (χ3v) is 5.73. The second-order valence-corrected chi connectivity index (χ2v) is 8.07. The van der Waals surface area contributed by atoms with Gasteiger partial charge in [-0.25, -0.2) is 14.4 Å². The molecular formula is C28H24FN5O. The number of ether oxygens (including phenoxy) is 1. The predicted octanol–water partition coefficient (Wildman–Crippen LogP) is 6.32. The first kappa shape index (κ1) is 22.3. The van der Waals surface area contributed by atoms with Crippen LogP contribution < -0.4 is 10.1 Å².